The van der Waals surface area contributed by atoms with E-state index < -0.39 is 17.6 Å². The van der Waals surface area contributed by atoms with Crippen molar-refractivity contribution in [2.75, 3.05) is 42.7 Å². The molecule has 0 amide bonds. The van der Waals surface area contributed by atoms with Gasteiger partial charge in [0.05, 0.1) is 20.0 Å². The second kappa shape index (κ2) is 10.4. The zero-order valence-electron chi connectivity index (χ0n) is 19.8. The lowest BCUT2D eigenvalue weighted by molar-refractivity contribution is 0.140. The Morgan fingerprint density at radius 1 is 0.529 bits per heavy atom. The van der Waals surface area contributed by atoms with Gasteiger partial charge < -0.3 is 26.6 Å². The summed E-state index contributed by atoms with van der Waals surface area (Å²) in [4.78, 5) is 11.4. The Morgan fingerprint density at radius 3 is 1.21 bits per heavy atom. The molecule has 0 aliphatic carbocycles. The van der Waals surface area contributed by atoms with Crippen LogP contribution in [0.1, 0.15) is 0 Å². The molecule has 0 bridgehead atoms. The first-order valence-electron chi connectivity index (χ1n) is 10.3. The zero-order chi connectivity index (χ0) is 24.3. The molecular weight excluding hydrogens is 509 g/mol. The standard InChI is InChI=1S/C22H26N2O6S2Si2/c1-25-33(26-2,27-3)19-11-9-17(31-19)15-7-8-16(22-21(15)23-13-14-24-22)18-10-12-20(32-18)34(28-4,29-5)30-6/h7-14H,1-6H3. The lowest BCUT2D eigenvalue weighted by Gasteiger charge is -2.22. The van der Waals surface area contributed by atoms with E-state index in [0.29, 0.717) is 0 Å². The van der Waals surface area contributed by atoms with Gasteiger partial charge >= 0.3 is 17.6 Å². The number of nitrogens with zero attached hydrogens (tertiary/aromatic N) is 2. The van der Waals surface area contributed by atoms with Gasteiger partial charge in [-0.15, -0.1) is 22.7 Å². The molecule has 3 aromatic heterocycles. The van der Waals surface area contributed by atoms with E-state index in [4.69, 9.17) is 26.6 Å². The van der Waals surface area contributed by atoms with Crippen LogP contribution < -0.4 is 9.00 Å². The quantitative estimate of drug-likeness (QED) is 0.287. The average molecular weight is 535 g/mol. The zero-order valence-corrected chi connectivity index (χ0v) is 23.4. The third kappa shape index (κ3) is 4.20. The van der Waals surface area contributed by atoms with E-state index in [1.54, 1.807) is 77.7 Å². The van der Waals surface area contributed by atoms with Crippen LogP contribution in [-0.2, 0) is 26.6 Å². The molecule has 180 valence electrons. The van der Waals surface area contributed by atoms with Gasteiger partial charge in [-0.1, -0.05) is 12.1 Å². The molecule has 0 atom stereocenters. The predicted octanol–water partition coefficient (Wildman–Crippen LogP) is 3.26. The first kappa shape index (κ1) is 25.3. The molecule has 8 nitrogen and oxygen atoms in total. The van der Waals surface area contributed by atoms with Crippen LogP contribution in [0.3, 0.4) is 0 Å². The van der Waals surface area contributed by atoms with Gasteiger partial charge in [0.15, 0.2) is 0 Å². The Bertz CT molecular complexity index is 1160. The monoisotopic (exact) mass is 534 g/mol. The van der Waals surface area contributed by atoms with E-state index in [-0.39, 0.29) is 0 Å². The number of aromatic nitrogens is 2. The minimum Gasteiger partial charge on any atom is -0.373 e. The normalized spacial score (nSPS) is 12.5. The van der Waals surface area contributed by atoms with Crippen molar-refractivity contribution in [1.82, 2.24) is 9.97 Å². The molecule has 0 unspecified atom stereocenters. The molecule has 34 heavy (non-hydrogen) atoms. The maximum Gasteiger partial charge on any atom is 0.546 e. The van der Waals surface area contributed by atoms with Gasteiger partial charge in [-0.3, -0.25) is 9.97 Å². The smallest absolute Gasteiger partial charge is 0.373 e. The van der Waals surface area contributed by atoms with Crippen molar-refractivity contribution < 1.29 is 26.6 Å². The van der Waals surface area contributed by atoms with Crippen LogP contribution in [0.15, 0.2) is 48.8 Å². The van der Waals surface area contributed by atoms with Gasteiger partial charge in [-0.25, -0.2) is 0 Å². The van der Waals surface area contributed by atoms with E-state index in [1.807, 2.05) is 24.3 Å². The van der Waals surface area contributed by atoms with Gasteiger partial charge in [0, 0.05) is 75.9 Å². The fourth-order valence-electron chi connectivity index (χ4n) is 3.85. The van der Waals surface area contributed by atoms with E-state index in [9.17, 15) is 0 Å². The average Bonchev–Trinajstić information content (AvgIpc) is 3.58. The van der Waals surface area contributed by atoms with Crippen LogP contribution in [0.5, 0.6) is 0 Å². The number of benzene rings is 1. The van der Waals surface area contributed by atoms with Crippen molar-refractivity contribution in [3.05, 3.63) is 48.8 Å². The van der Waals surface area contributed by atoms with E-state index in [1.165, 1.54) is 0 Å². The van der Waals surface area contributed by atoms with E-state index in [0.717, 1.165) is 40.9 Å². The van der Waals surface area contributed by atoms with Crippen molar-refractivity contribution in [3.63, 3.8) is 0 Å². The number of thiophene rings is 2. The fraction of sp³-hybridized carbons (Fsp3) is 0.273. The molecule has 0 fully saturated rings. The number of rotatable bonds is 10. The summed E-state index contributed by atoms with van der Waals surface area (Å²) in [7, 11) is 3.83. The second-order valence-corrected chi connectivity index (χ2v) is 15.7. The topological polar surface area (TPSA) is 81.2 Å². The molecule has 4 rings (SSSR count). The summed E-state index contributed by atoms with van der Waals surface area (Å²) >= 11 is 3.15. The predicted molar refractivity (Wildman–Crippen MR) is 139 cm³/mol. The third-order valence-corrected chi connectivity index (χ3v) is 14.3. The second-order valence-electron chi connectivity index (χ2n) is 7.08. The minimum absolute atomic E-state index is 0.816. The van der Waals surface area contributed by atoms with Crippen molar-refractivity contribution in [2.45, 2.75) is 0 Å². The molecule has 0 radical (unpaired) electrons. The highest BCUT2D eigenvalue weighted by molar-refractivity contribution is 7.27. The Kier molecular flexibility index (Phi) is 7.73. The van der Waals surface area contributed by atoms with Crippen molar-refractivity contribution >= 4 is 60.3 Å². The maximum atomic E-state index is 5.64. The highest BCUT2D eigenvalue weighted by atomic mass is 32.1. The molecule has 0 aliphatic rings. The third-order valence-electron chi connectivity index (χ3n) is 5.58. The van der Waals surface area contributed by atoms with Gasteiger partial charge in [0.25, 0.3) is 0 Å². The van der Waals surface area contributed by atoms with E-state index in [2.05, 4.69) is 22.1 Å². The minimum atomic E-state index is -2.91. The molecule has 0 N–H and O–H groups in total. The summed E-state index contributed by atoms with van der Waals surface area (Å²) in [6.45, 7) is 0. The molecule has 3 heterocycles. The van der Waals surface area contributed by atoms with Crippen LogP contribution in [0.2, 0.25) is 0 Å². The number of hydrogen-bond acceptors (Lipinski definition) is 10. The van der Waals surface area contributed by atoms with Gasteiger partial charge in [0.2, 0.25) is 0 Å². The molecule has 4 aromatic rings. The lowest BCUT2D eigenvalue weighted by Crippen LogP contribution is -2.53. The SMILES string of the molecule is CO[Si](OC)(OC)c1ccc(-c2ccc(-c3ccc([Si](OC)(OC)OC)s3)c3nccnc23)s1. The maximum absolute atomic E-state index is 5.64. The summed E-state index contributed by atoms with van der Waals surface area (Å²) in [6.07, 6.45) is 3.42. The van der Waals surface area contributed by atoms with Crippen LogP contribution in [-0.4, -0.2) is 70.2 Å². The van der Waals surface area contributed by atoms with Crippen LogP contribution >= 0.6 is 22.7 Å². The summed E-state index contributed by atoms with van der Waals surface area (Å²) in [6, 6.07) is 12.2. The Balaban J connectivity index is 1.80. The van der Waals surface area contributed by atoms with Gasteiger partial charge in [-0.05, 0) is 24.3 Å². The Labute approximate surface area is 208 Å². The van der Waals surface area contributed by atoms with E-state index >= 15 is 0 Å². The summed E-state index contributed by atoms with van der Waals surface area (Å²) in [5, 5.41) is 0. The molecule has 1 aromatic carbocycles. The molecule has 0 saturated heterocycles. The van der Waals surface area contributed by atoms with Gasteiger partial charge in [0.1, 0.15) is 0 Å². The van der Waals surface area contributed by atoms with Crippen LogP contribution in [0.4, 0.5) is 0 Å². The molecule has 12 heteroatoms. The highest BCUT2D eigenvalue weighted by Crippen LogP contribution is 2.37. The van der Waals surface area contributed by atoms with Crippen LogP contribution in [0.25, 0.3) is 31.9 Å². The summed E-state index contributed by atoms with van der Waals surface area (Å²) < 4.78 is 35.7. The fourth-order valence-corrected chi connectivity index (χ4v) is 11.4. The first-order chi connectivity index (χ1) is 16.5. The number of hydrogen-bond donors (Lipinski definition) is 0. The molecule has 0 aliphatic heterocycles. The van der Waals surface area contributed by atoms with Crippen molar-refractivity contribution in [3.8, 4) is 20.9 Å². The summed E-state index contributed by atoms with van der Waals surface area (Å²) in [5.74, 6) is 0. The van der Waals surface area contributed by atoms with Crippen LogP contribution in [0, 0.1) is 0 Å². The van der Waals surface area contributed by atoms with Crippen molar-refractivity contribution in [2.24, 2.45) is 0 Å². The summed E-state index contributed by atoms with van der Waals surface area (Å²) in [5.41, 5.74) is 3.61. The van der Waals surface area contributed by atoms with Gasteiger partial charge in [-0.2, -0.15) is 0 Å². The molecule has 0 spiro atoms. The molecule has 0 saturated carbocycles. The largest absolute Gasteiger partial charge is 0.546 e. The lowest BCUT2D eigenvalue weighted by atomic mass is 10.1. The molecular formula is C22H26N2O6S2Si2. The highest BCUT2D eigenvalue weighted by Gasteiger charge is 2.43. The van der Waals surface area contributed by atoms with Crippen molar-refractivity contribution in [1.29, 1.82) is 0 Å². The first-order valence-corrected chi connectivity index (χ1v) is 15.4. The number of fused-ring (bicyclic) bond motifs is 1. The Morgan fingerprint density at radius 2 is 0.882 bits per heavy atom. The Hall–Kier alpha value is -1.85.